The second kappa shape index (κ2) is 2.69. The van der Waals surface area contributed by atoms with E-state index in [4.69, 9.17) is 0 Å². The van der Waals surface area contributed by atoms with Gasteiger partial charge in [0, 0.05) is 6.16 Å². The molecule has 0 saturated heterocycles. The summed E-state index contributed by atoms with van der Waals surface area (Å²) in [5.41, 5.74) is 0.849. The Morgan fingerprint density at radius 1 is 1.38 bits per heavy atom. The first-order chi connectivity index (χ1) is 6.08. The molecule has 1 aliphatic heterocycles. The molecule has 0 aliphatic carbocycles. The fourth-order valence-corrected chi connectivity index (χ4v) is 2.38. The Balaban J connectivity index is 2.55. The van der Waals surface area contributed by atoms with E-state index in [0.717, 1.165) is 0 Å². The second-order valence-corrected chi connectivity index (χ2v) is 4.53. The SMILES string of the molecule is O=C1OP(=O)([O-])Cc2ccccc21. The topological polar surface area (TPSA) is 66.4 Å². The maximum Gasteiger partial charge on any atom is 0.342 e. The van der Waals surface area contributed by atoms with E-state index < -0.39 is 13.6 Å². The maximum absolute atomic E-state index is 11.1. The van der Waals surface area contributed by atoms with Gasteiger partial charge in [-0.1, -0.05) is 18.2 Å². The van der Waals surface area contributed by atoms with Crippen molar-refractivity contribution < 1.29 is 18.8 Å². The number of carbonyl (C=O) groups excluding carboxylic acids is 1. The predicted octanol–water partition coefficient (Wildman–Crippen LogP) is 0.910. The van der Waals surface area contributed by atoms with Crippen molar-refractivity contribution in [3.63, 3.8) is 0 Å². The Bertz CT molecular complexity index is 412. The van der Waals surface area contributed by atoms with Crippen LogP contribution in [0.5, 0.6) is 0 Å². The molecule has 1 atom stereocenters. The predicted molar refractivity (Wildman–Crippen MR) is 43.2 cm³/mol. The van der Waals surface area contributed by atoms with Crippen molar-refractivity contribution in [2.75, 3.05) is 0 Å². The van der Waals surface area contributed by atoms with Crippen molar-refractivity contribution in [2.24, 2.45) is 0 Å². The van der Waals surface area contributed by atoms with Gasteiger partial charge in [0.1, 0.15) is 0 Å². The first-order valence-electron chi connectivity index (χ1n) is 3.70. The second-order valence-electron chi connectivity index (χ2n) is 2.80. The number of hydrogen-bond donors (Lipinski definition) is 0. The van der Waals surface area contributed by atoms with Crippen LogP contribution in [-0.2, 0) is 15.3 Å². The zero-order valence-electron chi connectivity index (χ0n) is 6.60. The summed E-state index contributed by atoms with van der Waals surface area (Å²) < 4.78 is 15.3. The van der Waals surface area contributed by atoms with E-state index in [9.17, 15) is 14.3 Å². The zero-order chi connectivity index (χ0) is 9.47. The van der Waals surface area contributed by atoms with E-state index in [2.05, 4.69) is 4.52 Å². The van der Waals surface area contributed by atoms with Gasteiger partial charge >= 0.3 is 5.97 Å². The summed E-state index contributed by atoms with van der Waals surface area (Å²) in [6, 6.07) is 6.52. The molecule has 0 spiro atoms. The highest BCUT2D eigenvalue weighted by Crippen LogP contribution is 2.46. The van der Waals surface area contributed by atoms with E-state index in [1.165, 1.54) is 0 Å². The summed E-state index contributed by atoms with van der Waals surface area (Å²) >= 11 is 0. The number of fused-ring (bicyclic) bond motifs is 1. The van der Waals surface area contributed by atoms with Gasteiger partial charge in [0.25, 0.3) is 0 Å². The Morgan fingerprint density at radius 2 is 2.08 bits per heavy atom. The first-order valence-corrected chi connectivity index (χ1v) is 5.43. The molecule has 2 rings (SSSR count). The highest BCUT2D eigenvalue weighted by atomic mass is 31.2. The summed E-state index contributed by atoms with van der Waals surface area (Å²) in [5.74, 6) is -0.778. The van der Waals surface area contributed by atoms with Crippen LogP contribution in [-0.4, -0.2) is 5.97 Å². The normalized spacial score (nSPS) is 26.4. The average molecular weight is 197 g/mol. The Hall–Kier alpha value is -1.12. The molecule has 4 nitrogen and oxygen atoms in total. The Morgan fingerprint density at radius 3 is 2.85 bits per heavy atom. The molecule has 13 heavy (non-hydrogen) atoms. The maximum atomic E-state index is 11.1. The molecule has 5 heteroatoms. The highest BCUT2D eigenvalue weighted by Gasteiger charge is 2.26. The molecular formula is C8H6O4P-. The molecule has 1 unspecified atom stereocenters. The molecule has 0 aromatic heterocycles. The fourth-order valence-electron chi connectivity index (χ4n) is 1.27. The summed E-state index contributed by atoms with van der Waals surface area (Å²) in [4.78, 5) is 22.1. The number of benzene rings is 1. The molecule has 0 bridgehead atoms. The molecule has 0 N–H and O–H groups in total. The quantitative estimate of drug-likeness (QED) is 0.579. The lowest BCUT2D eigenvalue weighted by Gasteiger charge is -2.28. The summed E-state index contributed by atoms with van der Waals surface area (Å²) in [6.07, 6.45) is -0.199. The minimum absolute atomic E-state index is 0.199. The smallest absolute Gasteiger partial charge is 0.342 e. The van der Waals surface area contributed by atoms with Gasteiger partial charge in [-0.2, -0.15) is 0 Å². The minimum atomic E-state index is -3.97. The van der Waals surface area contributed by atoms with Crippen LogP contribution < -0.4 is 4.89 Å². The van der Waals surface area contributed by atoms with Gasteiger partial charge in [-0.05, 0) is 11.6 Å². The third kappa shape index (κ3) is 1.50. The van der Waals surface area contributed by atoms with Gasteiger partial charge in [-0.15, -0.1) is 0 Å². The molecule has 1 aliphatic rings. The molecule has 0 fully saturated rings. The summed E-state index contributed by atoms with van der Waals surface area (Å²) in [6.45, 7) is 0. The van der Waals surface area contributed by atoms with Crippen LogP contribution in [0.4, 0.5) is 0 Å². The molecular weight excluding hydrogens is 191 g/mol. The number of hydrogen-bond acceptors (Lipinski definition) is 4. The van der Waals surface area contributed by atoms with Crippen molar-refractivity contribution in [3.05, 3.63) is 35.4 Å². The monoisotopic (exact) mass is 197 g/mol. The van der Waals surface area contributed by atoms with E-state index >= 15 is 0 Å². The molecule has 0 amide bonds. The fraction of sp³-hybridized carbons (Fsp3) is 0.125. The van der Waals surface area contributed by atoms with Crippen LogP contribution in [0.1, 0.15) is 15.9 Å². The lowest BCUT2D eigenvalue weighted by molar-refractivity contribution is -0.194. The van der Waals surface area contributed by atoms with E-state index in [0.29, 0.717) is 11.1 Å². The van der Waals surface area contributed by atoms with Crippen molar-refractivity contribution in [3.8, 4) is 0 Å². The van der Waals surface area contributed by atoms with Crippen molar-refractivity contribution in [2.45, 2.75) is 6.16 Å². The van der Waals surface area contributed by atoms with Crippen LogP contribution >= 0.6 is 7.60 Å². The Labute approximate surface area is 74.7 Å². The minimum Gasteiger partial charge on any atom is -0.769 e. The number of carbonyl (C=O) groups is 1. The van der Waals surface area contributed by atoms with Gasteiger partial charge in [0.15, 0.2) is 7.60 Å². The van der Waals surface area contributed by atoms with Crippen molar-refractivity contribution >= 4 is 13.6 Å². The zero-order valence-corrected chi connectivity index (χ0v) is 7.49. The van der Waals surface area contributed by atoms with Crippen molar-refractivity contribution in [1.82, 2.24) is 0 Å². The summed E-state index contributed by atoms with van der Waals surface area (Å²) in [5, 5.41) is 0. The lowest BCUT2D eigenvalue weighted by Crippen LogP contribution is -2.19. The van der Waals surface area contributed by atoms with Crippen LogP contribution in [0.2, 0.25) is 0 Å². The Kier molecular flexibility index (Phi) is 1.75. The largest absolute Gasteiger partial charge is 0.769 e. The van der Waals surface area contributed by atoms with Gasteiger partial charge in [-0.25, -0.2) is 4.79 Å². The summed E-state index contributed by atoms with van der Waals surface area (Å²) in [7, 11) is -3.97. The molecule has 0 radical (unpaired) electrons. The average Bonchev–Trinajstić information content (AvgIpc) is 2.02. The van der Waals surface area contributed by atoms with Crippen LogP contribution in [0.3, 0.4) is 0 Å². The van der Waals surface area contributed by atoms with Gasteiger partial charge in [0.05, 0.1) is 5.56 Å². The van der Waals surface area contributed by atoms with Crippen molar-refractivity contribution in [1.29, 1.82) is 0 Å². The van der Waals surface area contributed by atoms with Gasteiger partial charge < -0.3 is 9.42 Å². The van der Waals surface area contributed by atoms with E-state index in [-0.39, 0.29) is 6.16 Å². The van der Waals surface area contributed by atoms with Crippen LogP contribution in [0.15, 0.2) is 24.3 Å². The first kappa shape index (κ1) is 8.48. The molecule has 1 aromatic carbocycles. The van der Waals surface area contributed by atoms with Gasteiger partial charge in [0.2, 0.25) is 0 Å². The third-order valence-corrected chi connectivity index (χ3v) is 3.00. The van der Waals surface area contributed by atoms with E-state index in [1.807, 2.05) is 0 Å². The van der Waals surface area contributed by atoms with Gasteiger partial charge in [-0.3, -0.25) is 4.57 Å². The molecule has 68 valence electrons. The van der Waals surface area contributed by atoms with E-state index in [1.54, 1.807) is 24.3 Å². The van der Waals surface area contributed by atoms with Crippen LogP contribution in [0.25, 0.3) is 0 Å². The number of rotatable bonds is 0. The molecule has 1 heterocycles. The lowest BCUT2D eigenvalue weighted by atomic mass is 10.1. The highest BCUT2D eigenvalue weighted by molar-refractivity contribution is 7.51. The standard InChI is InChI=1S/C8H7O4P/c9-8-7-4-2-1-3-6(7)5-13(10,11)12-8/h1-4H,5H2,(H,10,11)/p-1. The third-order valence-electron chi connectivity index (χ3n) is 1.82. The van der Waals surface area contributed by atoms with Crippen LogP contribution in [0, 0.1) is 0 Å². The molecule has 0 saturated carbocycles. The molecule has 1 aromatic rings.